The fourth-order valence-corrected chi connectivity index (χ4v) is 3.28. The first-order chi connectivity index (χ1) is 12.2. The van der Waals surface area contributed by atoms with Crippen molar-refractivity contribution in [2.24, 2.45) is 0 Å². The molecule has 152 valence electrons. The van der Waals surface area contributed by atoms with Gasteiger partial charge >= 0.3 is 11.9 Å². The van der Waals surface area contributed by atoms with Gasteiger partial charge in [-0.1, -0.05) is 11.6 Å². The summed E-state index contributed by atoms with van der Waals surface area (Å²) < 4.78 is 48.5. The van der Waals surface area contributed by atoms with Crippen LogP contribution in [0, 0.1) is 10.1 Å². The highest BCUT2D eigenvalue weighted by molar-refractivity contribution is 7.90. The lowest BCUT2D eigenvalue weighted by atomic mass is 9.86. The van der Waals surface area contributed by atoms with Gasteiger partial charge in [-0.3, -0.25) is 10.1 Å². The van der Waals surface area contributed by atoms with Crippen molar-refractivity contribution in [1.29, 1.82) is 0 Å². The second kappa shape index (κ2) is 8.26. The van der Waals surface area contributed by atoms with E-state index in [1.807, 2.05) is 0 Å². The Bertz CT molecular complexity index is 729. The number of hydrogen-bond acceptors (Lipinski definition) is 6. The fraction of sp³-hybridized carbons (Fsp3) is 0.562. The first-order valence-electron chi connectivity index (χ1n) is 7.87. The van der Waals surface area contributed by atoms with Gasteiger partial charge < -0.3 is 9.29 Å². The molecule has 0 aromatic heterocycles. The van der Waals surface area contributed by atoms with Crippen LogP contribution in [0.3, 0.4) is 0 Å². The smallest absolute Gasteiger partial charge is 0.379 e. The Balaban J connectivity index is 3.67. The van der Waals surface area contributed by atoms with Gasteiger partial charge in [-0.15, -0.1) is 4.72 Å². The Hall–Kier alpha value is -1.49. The molecule has 0 amide bonds. The molecule has 1 unspecified atom stereocenters. The number of ether oxygens (including phenoxy) is 1. The van der Waals surface area contributed by atoms with Crippen LogP contribution in [0.5, 0.6) is 0 Å². The highest BCUT2D eigenvalue weighted by atomic mass is 35.5. The summed E-state index contributed by atoms with van der Waals surface area (Å²) in [6.45, 7) is 6.55. The molecular weight excluding hydrogens is 406 g/mol. The molecule has 1 rings (SSSR count). The molecule has 1 aromatic carbocycles. The van der Waals surface area contributed by atoms with Crippen LogP contribution >= 0.6 is 11.6 Å². The third kappa shape index (κ3) is 4.87. The fourth-order valence-electron chi connectivity index (χ4n) is 2.06. The predicted octanol–water partition coefficient (Wildman–Crippen LogP) is 3.71. The Labute approximate surface area is 163 Å². The van der Waals surface area contributed by atoms with Crippen molar-refractivity contribution in [3.8, 4) is 0 Å². The van der Waals surface area contributed by atoms with Crippen molar-refractivity contribution >= 4 is 34.6 Å². The van der Waals surface area contributed by atoms with Crippen LogP contribution in [0.25, 0.3) is 0 Å². The number of rotatable bonds is 7. The molecule has 0 bridgehead atoms. The number of benzene rings is 1. The average molecular weight is 427 g/mol. The van der Waals surface area contributed by atoms with Crippen molar-refractivity contribution in [3.63, 3.8) is 0 Å². The Morgan fingerprint density at radius 2 is 1.89 bits per heavy atom. The van der Waals surface area contributed by atoms with E-state index in [1.165, 1.54) is 27.7 Å². The molecule has 0 aliphatic heterocycles. The molecule has 0 heterocycles. The summed E-state index contributed by atoms with van der Waals surface area (Å²) in [5.41, 5.74) is -3.60. The lowest BCUT2D eigenvalue weighted by Gasteiger charge is -2.39. The van der Waals surface area contributed by atoms with Crippen LogP contribution in [0.2, 0.25) is 5.02 Å². The minimum Gasteiger partial charge on any atom is -0.598 e. The Kier molecular flexibility index (Phi) is 7.20. The van der Waals surface area contributed by atoms with E-state index >= 15 is 8.78 Å². The summed E-state index contributed by atoms with van der Waals surface area (Å²) in [6, 6.07) is 2.92. The summed E-state index contributed by atoms with van der Waals surface area (Å²) in [6.07, 6.45) is 0. The number of carbonyl (C=O) groups is 1. The largest absolute Gasteiger partial charge is 0.598 e. The Morgan fingerprint density at radius 1 is 1.33 bits per heavy atom. The molecule has 27 heavy (non-hydrogen) atoms. The molecule has 7 nitrogen and oxygen atoms in total. The minimum absolute atomic E-state index is 0.259. The monoisotopic (exact) mass is 426 g/mol. The van der Waals surface area contributed by atoms with Gasteiger partial charge in [-0.05, 0) is 40.7 Å². The summed E-state index contributed by atoms with van der Waals surface area (Å²) in [7, 11) is 0. The van der Waals surface area contributed by atoms with Crippen molar-refractivity contribution in [2.45, 2.75) is 50.8 Å². The van der Waals surface area contributed by atoms with E-state index in [0.29, 0.717) is 0 Å². The van der Waals surface area contributed by atoms with Crippen molar-refractivity contribution in [2.75, 3.05) is 6.61 Å². The maximum Gasteiger partial charge on any atom is 0.379 e. The maximum atomic E-state index is 15.1. The molecule has 0 saturated carbocycles. The molecule has 0 fully saturated rings. The number of non-ortho nitro benzene ring substituents is 1. The summed E-state index contributed by atoms with van der Waals surface area (Å²) in [4.78, 5) is 22.2. The topological polar surface area (TPSA) is 105 Å². The molecule has 0 spiro atoms. The van der Waals surface area contributed by atoms with Gasteiger partial charge in [0.05, 0.1) is 11.5 Å². The number of nitrogens with zero attached hydrogens (tertiary/aromatic N) is 1. The first-order valence-corrected chi connectivity index (χ1v) is 9.40. The van der Waals surface area contributed by atoms with Crippen LogP contribution in [0.15, 0.2) is 18.2 Å². The van der Waals surface area contributed by atoms with Crippen LogP contribution in [-0.2, 0) is 26.4 Å². The lowest BCUT2D eigenvalue weighted by molar-refractivity contribution is -0.385. The lowest BCUT2D eigenvalue weighted by Crippen LogP contribution is -2.62. The zero-order chi connectivity index (χ0) is 21.2. The van der Waals surface area contributed by atoms with E-state index in [4.69, 9.17) is 11.6 Å². The molecule has 1 aromatic rings. The van der Waals surface area contributed by atoms with Gasteiger partial charge in [0.1, 0.15) is 4.75 Å². The van der Waals surface area contributed by atoms with Gasteiger partial charge in [-0.25, -0.2) is 4.79 Å². The predicted molar refractivity (Wildman–Crippen MR) is 98.1 cm³/mol. The summed E-state index contributed by atoms with van der Waals surface area (Å²) >= 11 is 3.96. The van der Waals surface area contributed by atoms with Crippen LogP contribution in [0.4, 0.5) is 14.5 Å². The summed E-state index contributed by atoms with van der Waals surface area (Å²) in [5, 5.41) is 10.8. The van der Waals surface area contributed by atoms with E-state index in [-0.39, 0.29) is 11.6 Å². The van der Waals surface area contributed by atoms with E-state index < -0.39 is 49.7 Å². The number of nitrogens with one attached hydrogen (secondary N) is 1. The normalized spacial score (nSPS) is 15.7. The zero-order valence-corrected chi connectivity index (χ0v) is 17.0. The molecule has 1 N–H and O–H groups in total. The van der Waals surface area contributed by atoms with Crippen molar-refractivity contribution in [3.05, 3.63) is 38.9 Å². The second-order valence-corrected chi connectivity index (χ2v) is 9.20. The SMILES string of the molecule is CCOC(=O)C(F)(F)C(C)(N[S@+]([O-])C(C)(C)C)c1cc([N+](=O)[O-])ccc1Cl. The van der Waals surface area contributed by atoms with Gasteiger partial charge in [0.2, 0.25) is 0 Å². The zero-order valence-electron chi connectivity index (χ0n) is 15.5. The van der Waals surface area contributed by atoms with E-state index in [2.05, 4.69) is 9.46 Å². The van der Waals surface area contributed by atoms with Crippen LogP contribution in [-0.4, -0.2) is 32.7 Å². The van der Waals surface area contributed by atoms with Crippen LogP contribution < -0.4 is 4.72 Å². The average Bonchev–Trinajstić information content (AvgIpc) is 2.53. The number of esters is 1. The van der Waals surface area contributed by atoms with Crippen molar-refractivity contribution in [1.82, 2.24) is 4.72 Å². The van der Waals surface area contributed by atoms with Gasteiger partial charge in [0.25, 0.3) is 5.69 Å². The molecule has 0 aliphatic rings. The highest BCUT2D eigenvalue weighted by Crippen LogP contribution is 2.44. The molecule has 0 radical (unpaired) electrons. The molecule has 11 heteroatoms. The summed E-state index contributed by atoms with van der Waals surface area (Å²) in [5.74, 6) is -6.10. The highest BCUT2D eigenvalue weighted by Gasteiger charge is 2.62. The van der Waals surface area contributed by atoms with Crippen molar-refractivity contribution < 1.29 is 27.8 Å². The minimum atomic E-state index is -4.23. The van der Waals surface area contributed by atoms with E-state index in [0.717, 1.165) is 25.1 Å². The standard InChI is InChI=1S/C16H21ClF2N2O5S/c1-6-26-13(22)16(18,19)15(5,20-27(25)14(2,3)4)11-9-10(21(23)24)7-8-12(11)17/h7-9,20H,6H2,1-5H3/t15?,27-/m1/s1. The number of carbonyl (C=O) groups excluding carboxylic acids is 1. The third-order valence-electron chi connectivity index (χ3n) is 3.71. The number of halogens is 3. The third-order valence-corrected chi connectivity index (χ3v) is 5.75. The van der Waals surface area contributed by atoms with Crippen LogP contribution in [0.1, 0.15) is 40.2 Å². The molecule has 0 aliphatic carbocycles. The molecular formula is C16H21ClF2N2O5S. The number of nitro groups is 1. The van der Waals surface area contributed by atoms with E-state index in [1.54, 1.807) is 0 Å². The number of alkyl halides is 2. The van der Waals surface area contributed by atoms with Gasteiger partial charge in [0.15, 0.2) is 5.54 Å². The molecule has 2 atom stereocenters. The number of nitro benzene ring substituents is 1. The maximum absolute atomic E-state index is 15.1. The van der Waals surface area contributed by atoms with Gasteiger partial charge in [-0.2, -0.15) is 8.78 Å². The number of hydrogen-bond donors (Lipinski definition) is 1. The van der Waals surface area contributed by atoms with E-state index in [9.17, 15) is 19.5 Å². The molecule has 0 saturated heterocycles. The Morgan fingerprint density at radius 3 is 2.33 bits per heavy atom. The quantitative estimate of drug-likeness (QED) is 0.308. The second-order valence-electron chi connectivity index (χ2n) is 6.82. The first kappa shape index (κ1) is 23.5. The van der Waals surface area contributed by atoms with Gasteiger partial charge in [0, 0.05) is 34.1 Å².